The number of esters is 1. The molecule has 1 aromatic heterocycles. The van der Waals surface area contributed by atoms with Gasteiger partial charge < -0.3 is 23.8 Å². The minimum absolute atomic E-state index is 0.211. The Bertz CT molecular complexity index is 1410. The van der Waals surface area contributed by atoms with Crippen molar-refractivity contribution in [1.82, 2.24) is 24.7 Å². The monoisotopic (exact) mass is 471 g/mol. The Morgan fingerprint density at radius 2 is 1.85 bits per heavy atom. The first-order valence-electron chi connectivity index (χ1n) is 9.84. The molecule has 0 aliphatic carbocycles. The molecule has 1 aromatic carbocycles. The first-order valence-corrected chi connectivity index (χ1v) is 11.0. The number of fused-ring (bicyclic) bond motifs is 2. The zero-order valence-corrected chi connectivity index (χ0v) is 18.9. The zero-order valence-electron chi connectivity index (χ0n) is 18.1. The van der Waals surface area contributed by atoms with Crippen molar-refractivity contribution in [3.8, 4) is 22.8 Å². The number of nitrogens with zero attached hydrogens (tertiary/aromatic N) is 3. The molecule has 0 saturated carbocycles. The number of thioether (sulfide) groups is 1. The number of carbonyl (C=O) groups is 1. The summed E-state index contributed by atoms with van der Waals surface area (Å²) in [7, 11) is 4.30. The molecular weight excluding hydrogens is 450 g/mol. The number of aromatic amines is 2. The summed E-state index contributed by atoms with van der Waals surface area (Å²) in [6.07, 6.45) is 3.24. The van der Waals surface area contributed by atoms with Gasteiger partial charge in [-0.15, -0.1) is 0 Å². The van der Waals surface area contributed by atoms with Crippen LogP contribution in [0.3, 0.4) is 0 Å². The van der Waals surface area contributed by atoms with E-state index in [2.05, 4.69) is 20.2 Å². The normalized spacial score (nSPS) is 11.1. The smallest absolute Gasteiger partial charge is 0.341 e. The number of aryl methyl sites for hydroxylation is 1. The fourth-order valence-corrected chi connectivity index (χ4v) is 4.21. The van der Waals surface area contributed by atoms with E-state index < -0.39 is 5.97 Å². The third kappa shape index (κ3) is 4.42. The van der Waals surface area contributed by atoms with E-state index in [0.29, 0.717) is 51.8 Å². The maximum absolute atomic E-state index is 12.5. The standard InChI is InChI=1S/C21H21N5O6S/c1-30-15-6-11-14(7-16(15)31-2)22-17(23-19(11)27)10-33-5-4-26-8-12-18(24-25-20(12)28)13(9-26)21(29)32-3/h6-9H,4-5,10H2,1-3H3,(H,25,28)(H,22,23,27). The van der Waals surface area contributed by atoms with Crippen LogP contribution in [0.2, 0.25) is 0 Å². The van der Waals surface area contributed by atoms with Crippen molar-refractivity contribution in [3.05, 3.63) is 56.6 Å². The molecule has 0 atom stereocenters. The first kappa shape index (κ1) is 22.4. The van der Waals surface area contributed by atoms with Crippen LogP contribution in [0.15, 0.2) is 34.1 Å². The van der Waals surface area contributed by atoms with Gasteiger partial charge in [-0.1, -0.05) is 0 Å². The quantitative estimate of drug-likeness (QED) is 0.290. The molecular formula is C21H21N5O6S. The number of H-pyrrole nitrogens is 2. The molecule has 2 aromatic rings. The molecule has 172 valence electrons. The van der Waals surface area contributed by atoms with E-state index in [9.17, 15) is 14.4 Å². The Morgan fingerprint density at radius 1 is 1.09 bits per heavy atom. The fraction of sp³-hybridized carbons (Fsp3) is 0.286. The molecule has 0 radical (unpaired) electrons. The van der Waals surface area contributed by atoms with Crippen LogP contribution < -0.4 is 20.6 Å². The number of methoxy groups -OCH3 is 3. The molecule has 2 aliphatic rings. The summed E-state index contributed by atoms with van der Waals surface area (Å²) in [6.45, 7) is 0.512. The number of benzene rings is 1. The molecule has 0 bridgehead atoms. The first-order chi connectivity index (χ1) is 15.9. The summed E-state index contributed by atoms with van der Waals surface area (Å²) in [5.74, 6) is 2.00. The lowest BCUT2D eigenvalue weighted by Crippen LogP contribution is -2.13. The van der Waals surface area contributed by atoms with E-state index >= 15 is 0 Å². The summed E-state index contributed by atoms with van der Waals surface area (Å²) < 4.78 is 17.1. The largest absolute Gasteiger partial charge is 0.493 e. The summed E-state index contributed by atoms with van der Waals surface area (Å²) in [6, 6.07) is 3.27. The lowest BCUT2D eigenvalue weighted by molar-refractivity contribution is 0.0600. The summed E-state index contributed by atoms with van der Waals surface area (Å²) in [5, 5.41) is 6.67. The highest BCUT2D eigenvalue weighted by atomic mass is 32.2. The van der Waals surface area contributed by atoms with Gasteiger partial charge in [0.05, 0.1) is 43.5 Å². The zero-order chi connectivity index (χ0) is 23.5. The number of aromatic nitrogens is 5. The average Bonchev–Trinajstić information content (AvgIpc) is 3.20. The van der Waals surface area contributed by atoms with Gasteiger partial charge in [-0.25, -0.2) is 14.9 Å². The van der Waals surface area contributed by atoms with Gasteiger partial charge in [-0.3, -0.25) is 9.59 Å². The van der Waals surface area contributed by atoms with Crippen molar-refractivity contribution < 1.29 is 19.0 Å². The summed E-state index contributed by atoms with van der Waals surface area (Å²) >= 11 is 1.54. The van der Waals surface area contributed by atoms with Gasteiger partial charge in [0.25, 0.3) is 11.1 Å². The Hall–Kier alpha value is -3.80. The highest BCUT2D eigenvalue weighted by molar-refractivity contribution is 7.98. The van der Waals surface area contributed by atoms with Crippen molar-refractivity contribution >= 4 is 28.6 Å². The van der Waals surface area contributed by atoms with Gasteiger partial charge in [0.2, 0.25) is 0 Å². The molecule has 12 heteroatoms. The van der Waals surface area contributed by atoms with E-state index in [4.69, 9.17) is 14.2 Å². The molecule has 11 nitrogen and oxygen atoms in total. The van der Waals surface area contributed by atoms with E-state index in [-0.39, 0.29) is 22.4 Å². The Morgan fingerprint density at radius 3 is 2.58 bits per heavy atom. The Kier molecular flexibility index (Phi) is 6.36. The van der Waals surface area contributed by atoms with E-state index in [1.165, 1.54) is 21.3 Å². The van der Waals surface area contributed by atoms with Crippen LogP contribution in [0.4, 0.5) is 0 Å². The predicted octanol–water partition coefficient (Wildman–Crippen LogP) is 1.65. The summed E-state index contributed by atoms with van der Waals surface area (Å²) in [4.78, 5) is 43.9. The van der Waals surface area contributed by atoms with Gasteiger partial charge in [-0.2, -0.15) is 16.9 Å². The second-order valence-corrected chi connectivity index (χ2v) is 8.11. The second-order valence-electron chi connectivity index (χ2n) is 7.01. The SMILES string of the molecule is COC(=O)c1cn(CCSCc2nc3cc(OC)c(OC)cc3c(=O)[nH]2)cc2c(=O)[nH]nc1-2. The maximum atomic E-state index is 12.5. The lowest BCUT2D eigenvalue weighted by atomic mass is 10.1. The van der Waals surface area contributed by atoms with Gasteiger partial charge >= 0.3 is 5.97 Å². The van der Waals surface area contributed by atoms with Gasteiger partial charge in [0.15, 0.2) is 11.5 Å². The maximum Gasteiger partial charge on any atom is 0.341 e. The molecule has 0 unspecified atom stereocenters. The molecule has 3 heterocycles. The van der Waals surface area contributed by atoms with Gasteiger partial charge in [0.1, 0.15) is 17.1 Å². The van der Waals surface area contributed by atoms with Crippen LogP contribution >= 0.6 is 11.8 Å². The van der Waals surface area contributed by atoms with Crippen molar-refractivity contribution in [2.75, 3.05) is 27.1 Å². The number of pyridine rings is 1. The number of nitrogens with one attached hydrogen (secondary N) is 2. The average molecular weight is 471 g/mol. The third-order valence-corrected chi connectivity index (χ3v) is 5.96. The predicted molar refractivity (Wildman–Crippen MR) is 122 cm³/mol. The van der Waals surface area contributed by atoms with Crippen LogP contribution in [0, 0.1) is 0 Å². The van der Waals surface area contributed by atoms with Gasteiger partial charge in [0, 0.05) is 30.8 Å². The van der Waals surface area contributed by atoms with Crippen molar-refractivity contribution in [1.29, 1.82) is 0 Å². The Labute approximate surface area is 191 Å². The number of ether oxygens (including phenoxy) is 3. The molecule has 33 heavy (non-hydrogen) atoms. The number of carbonyl (C=O) groups excluding carboxylic acids is 1. The topological polar surface area (TPSA) is 141 Å². The molecule has 2 N–H and O–H groups in total. The third-order valence-electron chi connectivity index (χ3n) is 5.01. The van der Waals surface area contributed by atoms with E-state index in [1.807, 2.05) is 0 Å². The molecule has 2 aliphatic heterocycles. The van der Waals surface area contributed by atoms with E-state index in [0.717, 1.165) is 0 Å². The molecule has 0 saturated heterocycles. The minimum Gasteiger partial charge on any atom is -0.493 e. The Balaban J connectivity index is 1.49. The van der Waals surface area contributed by atoms with Crippen LogP contribution in [0.25, 0.3) is 22.2 Å². The van der Waals surface area contributed by atoms with Crippen molar-refractivity contribution in [2.24, 2.45) is 0 Å². The van der Waals surface area contributed by atoms with Gasteiger partial charge in [-0.05, 0) is 6.07 Å². The van der Waals surface area contributed by atoms with E-state index in [1.54, 1.807) is 40.9 Å². The van der Waals surface area contributed by atoms with Crippen LogP contribution in [0.1, 0.15) is 16.2 Å². The molecule has 0 spiro atoms. The molecule has 0 amide bonds. The van der Waals surface area contributed by atoms with Crippen LogP contribution in [-0.4, -0.2) is 57.8 Å². The number of hydrogen-bond acceptors (Lipinski definition) is 9. The number of rotatable bonds is 8. The summed E-state index contributed by atoms with van der Waals surface area (Å²) in [5.41, 5.74) is 0.679. The van der Waals surface area contributed by atoms with Crippen LogP contribution in [0.5, 0.6) is 11.5 Å². The highest BCUT2D eigenvalue weighted by Gasteiger charge is 2.21. The lowest BCUT2D eigenvalue weighted by Gasteiger charge is -2.12. The molecule has 4 rings (SSSR count). The number of hydrogen-bond donors (Lipinski definition) is 2. The minimum atomic E-state index is -0.571. The van der Waals surface area contributed by atoms with Crippen molar-refractivity contribution in [2.45, 2.75) is 12.3 Å². The fourth-order valence-electron chi connectivity index (χ4n) is 3.40. The van der Waals surface area contributed by atoms with Crippen LogP contribution in [-0.2, 0) is 17.0 Å². The molecule has 0 fully saturated rings. The second kappa shape index (κ2) is 9.36. The highest BCUT2D eigenvalue weighted by Crippen LogP contribution is 2.30. The van der Waals surface area contributed by atoms with Crippen molar-refractivity contribution in [3.63, 3.8) is 0 Å².